The van der Waals surface area contributed by atoms with Crippen LogP contribution in [0.1, 0.15) is 0 Å². The van der Waals surface area contributed by atoms with Gasteiger partial charge in [-0.15, -0.1) is 11.6 Å². The molecule has 0 aliphatic carbocycles. The van der Waals surface area contributed by atoms with Gasteiger partial charge in [-0.25, -0.2) is 8.42 Å². The van der Waals surface area contributed by atoms with Crippen LogP contribution in [0.4, 0.5) is 0 Å². The molecule has 2 unspecified atom stereocenters. The molecule has 1 aromatic heterocycles. The second-order valence-electron chi connectivity index (χ2n) is 4.50. The van der Waals surface area contributed by atoms with Crippen LogP contribution in [0.15, 0.2) is 17.3 Å². The third-order valence-electron chi connectivity index (χ3n) is 3.35. The van der Waals surface area contributed by atoms with E-state index in [-0.39, 0.29) is 30.2 Å². The van der Waals surface area contributed by atoms with Crippen LogP contribution in [-0.2, 0) is 26.0 Å². The number of methoxy groups -OCH3 is 2. The molecule has 20 heavy (non-hydrogen) atoms. The van der Waals surface area contributed by atoms with Crippen LogP contribution in [0.25, 0.3) is 0 Å². The molecule has 0 aromatic carbocycles. The van der Waals surface area contributed by atoms with E-state index in [0.29, 0.717) is 12.4 Å². The van der Waals surface area contributed by atoms with E-state index in [0.717, 1.165) is 0 Å². The average Bonchev–Trinajstić information content (AvgIpc) is 3.05. The summed E-state index contributed by atoms with van der Waals surface area (Å²) in [5.41, 5.74) is 0. The van der Waals surface area contributed by atoms with Crippen molar-refractivity contribution in [3.63, 3.8) is 0 Å². The average molecular weight is 324 g/mol. The SMILES string of the molecule is COC1CN(S(=O)(=O)c2cnn(CCCl)c2)CC1OC. The summed E-state index contributed by atoms with van der Waals surface area (Å²) in [4.78, 5) is 0.161. The van der Waals surface area contributed by atoms with Crippen LogP contribution in [0.5, 0.6) is 0 Å². The quantitative estimate of drug-likeness (QED) is 0.697. The van der Waals surface area contributed by atoms with Crippen LogP contribution in [0, 0.1) is 0 Å². The molecule has 2 heterocycles. The van der Waals surface area contributed by atoms with Crippen molar-refractivity contribution < 1.29 is 17.9 Å². The Kier molecular flexibility index (Phi) is 5.03. The number of aromatic nitrogens is 2. The van der Waals surface area contributed by atoms with Gasteiger partial charge in [0.05, 0.1) is 24.9 Å². The van der Waals surface area contributed by atoms with Gasteiger partial charge in [-0.05, 0) is 0 Å². The zero-order chi connectivity index (χ0) is 14.8. The van der Waals surface area contributed by atoms with Crippen LogP contribution in [-0.4, -0.2) is 67.9 Å². The van der Waals surface area contributed by atoms with Crippen LogP contribution < -0.4 is 0 Å². The fourth-order valence-electron chi connectivity index (χ4n) is 2.20. The Hall–Kier alpha value is -0.670. The summed E-state index contributed by atoms with van der Waals surface area (Å²) in [5.74, 6) is 0.377. The number of hydrogen-bond donors (Lipinski definition) is 0. The van der Waals surface area contributed by atoms with Gasteiger partial charge in [0, 0.05) is 39.4 Å². The Morgan fingerprint density at radius 2 is 1.95 bits per heavy atom. The minimum atomic E-state index is -3.58. The molecular formula is C11H18ClN3O4S. The second kappa shape index (κ2) is 6.40. The standard InChI is InChI=1S/C11H18ClN3O4S/c1-18-10-7-15(8-11(10)19-2)20(16,17)9-5-13-14(6-9)4-3-12/h5-6,10-11H,3-4,7-8H2,1-2H3. The van der Waals surface area contributed by atoms with Gasteiger partial charge in [-0.1, -0.05) is 0 Å². The Morgan fingerprint density at radius 3 is 2.45 bits per heavy atom. The molecule has 0 amide bonds. The van der Waals surface area contributed by atoms with Crippen molar-refractivity contribution in [2.45, 2.75) is 23.6 Å². The normalized spacial score (nSPS) is 24.4. The molecule has 2 rings (SSSR count). The van der Waals surface area contributed by atoms with Crippen molar-refractivity contribution in [3.8, 4) is 0 Å². The summed E-state index contributed by atoms with van der Waals surface area (Å²) < 4.78 is 38.4. The van der Waals surface area contributed by atoms with Crippen molar-refractivity contribution in [1.29, 1.82) is 0 Å². The lowest BCUT2D eigenvalue weighted by molar-refractivity contribution is -0.00461. The predicted octanol–water partition coefficient (Wildman–Crippen LogP) is 0.156. The predicted molar refractivity (Wildman–Crippen MR) is 73.3 cm³/mol. The molecule has 2 atom stereocenters. The molecule has 114 valence electrons. The lowest BCUT2D eigenvalue weighted by Crippen LogP contribution is -2.30. The molecule has 1 aromatic rings. The molecule has 1 aliphatic heterocycles. The third kappa shape index (κ3) is 2.99. The molecule has 1 aliphatic rings. The molecule has 0 saturated carbocycles. The first kappa shape index (κ1) is 15.7. The number of hydrogen-bond acceptors (Lipinski definition) is 5. The Morgan fingerprint density at radius 1 is 1.35 bits per heavy atom. The summed E-state index contributed by atoms with van der Waals surface area (Å²) in [6.07, 6.45) is 2.31. The van der Waals surface area contributed by atoms with Crippen molar-refractivity contribution in [3.05, 3.63) is 12.4 Å². The molecule has 0 bridgehead atoms. The first-order valence-electron chi connectivity index (χ1n) is 6.17. The fraction of sp³-hybridized carbons (Fsp3) is 0.727. The highest BCUT2D eigenvalue weighted by molar-refractivity contribution is 7.89. The Balaban J connectivity index is 2.18. The van der Waals surface area contributed by atoms with Crippen LogP contribution in [0.2, 0.25) is 0 Å². The molecule has 0 N–H and O–H groups in total. The highest BCUT2D eigenvalue weighted by Crippen LogP contribution is 2.23. The molecule has 7 nitrogen and oxygen atoms in total. The largest absolute Gasteiger partial charge is 0.377 e. The number of aryl methyl sites for hydroxylation is 1. The van der Waals surface area contributed by atoms with Gasteiger partial charge in [0.1, 0.15) is 4.90 Å². The van der Waals surface area contributed by atoms with E-state index in [2.05, 4.69) is 5.10 Å². The second-order valence-corrected chi connectivity index (χ2v) is 6.81. The summed E-state index contributed by atoms with van der Waals surface area (Å²) in [7, 11) is -0.481. The van der Waals surface area contributed by atoms with Crippen molar-refractivity contribution in [2.75, 3.05) is 33.2 Å². The van der Waals surface area contributed by atoms with Crippen molar-refractivity contribution in [1.82, 2.24) is 14.1 Å². The van der Waals surface area contributed by atoms with E-state index in [1.165, 1.54) is 21.4 Å². The zero-order valence-electron chi connectivity index (χ0n) is 11.4. The first-order chi connectivity index (χ1) is 9.52. The summed E-state index contributed by atoms with van der Waals surface area (Å²) in [6.45, 7) is 1.02. The minimum absolute atomic E-state index is 0.161. The number of rotatable bonds is 6. The Labute approximate surface area is 123 Å². The maximum absolute atomic E-state index is 12.5. The van der Waals surface area contributed by atoms with Gasteiger partial charge in [0.25, 0.3) is 0 Å². The monoisotopic (exact) mass is 323 g/mol. The van der Waals surface area contributed by atoms with Gasteiger partial charge in [-0.2, -0.15) is 9.40 Å². The van der Waals surface area contributed by atoms with E-state index < -0.39 is 10.0 Å². The summed E-state index contributed by atoms with van der Waals surface area (Å²) in [5, 5.41) is 3.99. The lowest BCUT2D eigenvalue weighted by atomic mass is 10.3. The van der Waals surface area contributed by atoms with Crippen LogP contribution in [0.3, 0.4) is 0 Å². The third-order valence-corrected chi connectivity index (χ3v) is 5.30. The van der Waals surface area contributed by atoms with E-state index in [9.17, 15) is 8.42 Å². The number of sulfonamides is 1. The molecule has 1 fully saturated rings. The smallest absolute Gasteiger partial charge is 0.246 e. The molecule has 0 radical (unpaired) electrons. The molecule has 9 heteroatoms. The highest BCUT2D eigenvalue weighted by atomic mass is 35.5. The summed E-state index contributed by atoms with van der Waals surface area (Å²) in [6, 6.07) is 0. The topological polar surface area (TPSA) is 73.7 Å². The fourth-order valence-corrected chi connectivity index (χ4v) is 3.79. The van der Waals surface area contributed by atoms with Crippen molar-refractivity contribution >= 4 is 21.6 Å². The maximum Gasteiger partial charge on any atom is 0.246 e. The number of nitrogens with zero attached hydrogens (tertiary/aromatic N) is 3. The van der Waals surface area contributed by atoms with E-state index in [1.54, 1.807) is 14.2 Å². The number of ether oxygens (including phenoxy) is 2. The first-order valence-corrected chi connectivity index (χ1v) is 8.14. The van der Waals surface area contributed by atoms with Gasteiger partial charge in [-0.3, -0.25) is 4.68 Å². The molecular weight excluding hydrogens is 306 g/mol. The van der Waals surface area contributed by atoms with E-state index in [4.69, 9.17) is 21.1 Å². The Bertz CT molecular complexity index is 536. The van der Waals surface area contributed by atoms with Gasteiger partial charge >= 0.3 is 0 Å². The highest BCUT2D eigenvalue weighted by Gasteiger charge is 2.40. The van der Waals surface area contributed by atoms with Gasteiger partial charge in [0.15, 0.2) is 0 Å². The number of alkyl halides is 1. The number of halogens is 1. The zero-order valence-corrected chi connectivity index (χ0v) is 13.0. The summed E-state index contributed by atoms with van der Waals surface area (Å²) >= 11 is 5.61. The van der Waals surface area contributed by atoms with Crippen molar-refractivity contribution in [2.24, 2.45) is 0 Å². The van der Waals surface area contributed by atoms with Crippen LogP contribution >= 0.6 is 11.6 Å². The van der Waals surface area contributed by atoms with Gasteiger partial charge < -0.3 is 9.47 Å². The van der Waals surface area contributed by atoms with Gasteiger partial charge in [0.2, 0.25) is 10.0 Å². The maximum atomic E-state index is 12.5. The minimum Gasteiger partial charge on any atom is -0.377 e. The van der Waals surface area contributed by atoms with E-state index in [1.807, 2.05) is 0 Å². The molecule has 1 saturated heterocycles. The molecule has 0 spiro atoms. The van der Waals surface area contributed by atoms with E-state index >= 15 is 0 Å². The lowest BCUT2D eigenvalue weighted by Gasteiger charge is -2.14.